The summed E-state index contributed by atoms with van der Waals surface area (Å²) in [6.45, 7) is 0. The normalized spacial score (nSPS) is 12.7. The van der Waals surface area contributed by atoms with Crippen LogP contribution in [0.4, 0.5) is 0 Å². The van der Waals surface area contributed by atoms with Gasteiger partial charge in [0.05, 0.1) is 6.04 Å². The van der Waals surface area contributed by atoms with Gasteiger partial charge in [0, 0.05) is 9.35 Å². The second kappa shape index (κ2) is 4.26. The molecule has 3 heteroatoms. The Morgan fingerprint density at radius 2 is 1.93 bits per heavy atom. The molecule has 1 aromatic heterocycles. The van der Waals surface area contributed by atoms with Crippen LogP contribution in [0, 0.1) is 0 Å². The molecule has 0 radical (unpaired) electrons. The summed E-state index contributed by atoms with van der Waals surface area (Å²) >= 11 is 5.20. The molecule has 1 nitrogen and oxygen atoms in total. The van der Waals surface area contributed by atoms with Crippen molar-refractivity contribution in [2.45, 2.75) is 6.04 Å². The van der Waals surface area contributed by atoms with Crippen LogP contribution >= 0.6 is 27.3 Å². The van der Waals surface area contributed by atoms with E-state index in [1.54, 1.807) is 11.3 Å². The van der Waals surface area contributed by atoms with Crippen molar-refractivity contribution in [1.29, 1.82) is 0 Å². The van der Waals surface area contributed by atoms with Gasteiger partial charge in [0.25, 0.3) is 0 Å². The molecule has 0 saturated heterocycles. The van der Waals surface area contributed by atoms with Crippen LogP contribution in [-0.4, -0.2) is 0 Å². The lowest BCUT2D eigenvalue weighted by Crippen LogP contribution is -2.10. The average molecular weight is 268 g/mol. The van der Waals surface area contributed by atoms with Crippen molar-refractivity contribution >= 4 is 27.3 Å². The van der Waals surface area contributed by atoms with Gasteiger partial charge < -0.3 is 5.73 Å². The first-order chi connectivity index (χ1) is 6.79. The third kappa shape index (κ3) is 1.90. The number of benzene rings is 1. The van der Waals surface area contributed by atoms with Gasteiger partial charge in [-0.2, -0.15) is 0 Å². The number of nitrogens with two attached hydrogens (primary N) is 1. The zero-order valence-corrected chi connectivity index (χ0v) is 9.88. The highest BCUT2D eigenvalue weighted by molar-refractivity contribution is 9.10. The monoisotopic (exact) mass is 267 g/mol. The molecule has 0 amide bonds. The zero-order valence-electron chi connectivity index (χ0n) is 7.48. The highest BCUT2D eigenvalue weighted by Crippen LogP contribution is 2.28. The second-order valence-electron chi connectivity index (χ2n) is 3.01. The first-order valence-electron chi connectivity index (χ1n) is 4.32. The molecular formula is C11H10BrNS. The minimum absolute atomic E-state index is 0.0226. The highest BCUT2D eigenvalue weighted by Gasteiger charge is 2.11. The van der Waals surface area contributed by atoms with Gasteiger partial charge >= 0.3 is 0 Å². The minimum atomic E-state index is -0.0226. The van der Waals surface area contributed by atoms with Crippen molar-refractivity contribution in [1.82, 2.24) is 0 Å². The largest absolute Gasteiger partial charge is 0.320 e. The van der Waals surface area contributed by atoms with E-state index in [-0.39, 0.29) is 6.04 Å². The maximum atomic E-state index is 6.14. The molecule has 0 aliphatic carbocycles. The Labute approximate surface area is 95.7 Å². The lowest BCUT2D eigenvalue weighted by molar-refractivity contribution is 0.887. The zero-order chi connectivity index (χ0) is 9.97. The van der Waals surface area contributed by atoms with Crippen molar-refractivity contribution in [2.24, 2.45) is 5.73 Å². The summed E-state index contributed by atoms with van der Waals surface area (Å²) in [6.07, 6.45) is 0. The summed E-state index contributed by atoms with van der Waals surface area (Å²) in [4.78, 5) is 1.19. The van der Waals surface area contributed by atoms with E-state index in [0.29, 0.717) is 0 Å². The molecular weight excluding hydrogens is 258 g/mol. The van der Waals surface area contributed by atoms with Gasteiger partial charge in [-0.25, -0.2) is 0 Å². The van der Waals surface area contributed by atoms with Gasteiger partial charge in [0.2, 0.25) is 0 Å². The Bertz CT molecular complexity index is 411. The fourth-order valence-corrected chi connectivity index (χ4v) is 2.63. The number of hydrogen-bond acceptors (Lipinski definition) is 2. The van der Waals surface area contributed by atoms with Crippen molar-refractivity contribution in [3.63, 3.8) is 0 Å². The average Bonchev–Trinajstić information content (AvgIpc) is 2.70. The third-order valence-electron chi connectivity index (χ3n) is 2.09. The van der Waals surface area contributed by atoms with Crippen molar-refractivity contribution in [3.05, 3.63) is 56.7 Å². The fraction of sp³-hybridized carbons (Fsp3) is 0.0909. The predicted octanol–water partition coefficient (Wildman–Crippen LogP) is 3.56. The highest BCUT2D eigenvalue weighted by atomic mass is 79.9. The maximum Gasteiger partial charge on any atom is 0.0657 e. The summed E-state index contributed by atoms with van der Waals surface area (Å²) in [6, 6.07) is 12.1. The molecule has 0 spiro atoms. The van der Waals surface area contributed by atoms with E-state index in [1.165, 1.54) is 4.88 Å². The Morgan fingerprint density at radius 3 is 2.57 bits per heavy atom. The number of halogens is 1. The molecule has 0 aliphatic heterocycles. The van der Waals surface area contributed by atoms with Gasteiger partial charge in [0.1, 0.15) is 0 Å². The van der Waals surface area contributed by atoms with Crippen molar-refractivity contribution in [2.75, 3.05) is 0 Å². The molecule has 2 aromatic rings. The second-order valence-corrected chi connectivity index (χ2v) is 4.85. The van der Waals surface area contributed by atoms with E-state index in [4.69, 9.17) is 5.73 Å². The molecule has 0 saturated carbocycles. The lowest BCUT2D eigenvalue weighted by atomic mass is 10.1. The van der Waals surface area contributed by atoms with Gasteiger partial charge in [-0.05, 0) is 23.1 Å². The summed E-state index contributed by atoms with van der Waals surface area (Å²) in [5.74, 6) is 0. The van der Waals surface area contributed by atoms with Gasteiger partial charge in [-0.1, -0.05) is 40.2 Å². The summed E-state index contributed by atoms with van der Waals surface area (Å²) in [5.41, 5.74) is 7.28. The Balaban J connectivity index is 2.37. The molecule has 0 aliphatic rings. The van der Waals surface area contributed by atoms with Crippen LogP contribution in [0.1, 0.15) is 16.5 Å². The van der Waals surface area contributed by atoms with Crippen LogP contribution < -0.4 is 5.73 Å². The van der Waals surface area contributed by atoms with Crippen molar-refractivity contribution in [3.8, 4) is 0 Å². The maximum absolute atomic E-state index is 6.14. The topological polar surface area (TPSA) is 26.0 Å². The van der Waals surface area contributed by atoms with Crippen LogP contribution in [-0.2, 0) is 0 Å². The standard InChI is InChI=1S/C11H10BrNS/c12-9-5-2-1-4-8(9)11(13)10-6-3-7-14-10/h1-7,11H,13H2/t11-/m0/s1. The Kier molecular flexibility index (Phi) is 3.01. The Morgan fingerprint density at radius 1 is 1.14 bits per heavy atom. The minimum Gasteiger partial charge on any atom is -0.320 e. The van der Waals surface area contributed by atoms with E-state index in [0.717, 1.165) is 10.0 Å². The van der Waals surface area contributed by atoms with E-state index < -0.39 is 0 Å². The molecule has 0 unspecified atom stereocenters. The van der Waals surface area contributed by atoms with Crippen LogP contribution in [0.3, 0.4) is 0 Å². The van der Waals surface area contributed by atoms with Crippen LogP contribution in [0.5, 0.6) is 0 Å². The number of thiophene rings is 1. The number of hydrogen-bond donors (Lipinski definition) is 1. The fourth-order valence-electron chi connectivity index (χ4n) is 1.35. The third-order valence-corrected chi connectivity index (χ3v) is 3.77. The lowest BCUT2D eigenvalue weighted by Gasteiger charge is -2.11. The first-order valence-corrected chi connectivity index (χ1v) is 5.99. The molecule has 1 aromatic carbocycles. The first kappa shape index (κ1) is 9.90. The van der Waals surface area contributed by atoms with Crippen LogP contribution in [0.2, 0.25) is 0 Å². The molecule has 14 heavy (non-hydrogen) atoms. The van der Waals surface area contributed by atoms with E-state index in [9.17, 15) is 0 Å². The smallest absolute Gasteiger partial charge is 0.0657 e. The summed E-state index contributed by atoms with van der Waals surface area (Å²) < 4.78 is 1.07. The molecule has 2 rings (SSSR count). The van der Waals surface area contributed by atoms with E-state index in [2.05, 4.69) is 28.1 Å². The van der Waals surface area contributed by atoms with Crippen molar-refractivity contribution < 1.29 is 0 Å². The number of rotatable bonds is 2. The van der Waals surface area contributed by atoms with Gasteiger partial charge in [-0.15, -0.1) is 11.3 Å². The molecule has 1 atom stereocenters. The quantitative estimate of drug-likeness (QED) is 0.885. The van der Waals surface area contributed by atoms with Gasteiger partial charge in [-0.3, -0.25) is 0 Å². The summed E-state index contributed by atoms with van der Waals surface area (Å²) in [5, 5.41) is 2.05. The van der Waals surface area contributed by atoms with Crippen LogP contribution in [0.15, 0.2) is 46.3 Å². The SMILES string of the molecule is N[C@H](c1cccs1)c1ccccc1Br. The van der Waals surface area contributed by atoms with E-state index in [1.807, 2.05) is 29.6 Å². The predicted molar refractivity (Wildman–Crippen MR) is 64.5 cm³/mol. The van der Waals surface area contributed by atoms with Gasteiger partial charge in [0.15, 0.2) is 0 Å². The van der Waals surface area contributed by atoms with E-state index >= 15 is 0 Å². The molecule has 1 heterocycles. The molecule has 0 bridgehead atoms. The van der Waals surface area contributed by atoms with Crippen LogP contribution in [0.25, 0.3) is 0 Å². The molecule has 2 N–H and O–H groups in total. The molecule has 0 fully saturated rings. The molecule has 72 valence electrons. The Hall–Kier alpha value is -0.640. The summed E-state index contributed by atoms with van der Waals surface area (Å²) in [7, 11) is 0.